The Hall–Kier alpha value is -2.51. The molecule has 142 valence electrons. The van der Waals surface area contributed by atoms with E-state index in [0.29, 0.717) is 9.95 Å². The Labute approximate surface area is 172 Å². The monoisotopic (exact) mass is 409 g/mol. The molecule has 2 aromatic carbocycles. The fourth-order valence-electron chi connectivity index (χ4n) is 3.31. The van der Waals surface area contributed by atoms with Crippen LogP contribution in [-0.2, 0) is 9.59 Å². The average molecular weight is 410 g/mol. The number of Topliss-reactive ketones (excluding diaryl/α,β-unsaturated/α-hetero) is 2. The van der Waals surface area contributed by atoms with Gasteiger partial charge in [-0.3, -0.25) is 9.59 Å². The van der Waals surface area contributed by atoms with Crippen LogP contribution in [-0.4, -0.2) is 20.9 Å². The van der Waals surface area contributed by atoms with E-state index in [4.69, 9.17) is 0 Å². The number of nitrogens with zero attached hydrogens (tertiary/aromatic N) is 3. The molecule has 4 rings (SSSR count). The SMILES string of the molecule is CC(=O)C1=NN(c2ccccc2)C2(S1)SC(C(C)=O)=C(C)N2c1ccccc1. The highest BCUT2D eigenvalue weighted by atomic mass is 32.2. The van der Waals surface area contributed by atoms with E-state index in [9.17, 15) is 9.59 Å². The topological polar surface area (TPSA) is 53.0 Å². The largest absolute Gasteiger partial charge is 0.301 e. The third-order valence-corrected chi connectivity index (χ3v) is 7.60. The van der Waals surface area contributed by atoms with Crippen molar-refractivity contribution in [1.82, 2.24) is 0 Å². The number of thioether (sulfide) groups is 2. The molecule has 2 aliphatic rings. The van der Waals surface area contributed by atoms with Gasteiger partial charge in [0, 0.05) is 18.3 Å². The van der Waals surface area contributed by atoms with E-state index in [0.717, 1.165) is 17.1 Å². The zero-order valence-electron chi connectivity index (χ0n) is 15.7. The lowest BCUT2D eigenvalue weighted by atomic mass is 10.2. The van der Waals surface area contributed by atoms with Crippen LogP contribution in [0.15, 0.2) is 76.4 Å². The summed E-state index contributed by atoms with van der Waals surface area (Å²) in [5.74, 6) is -0.0875. The Morgan fingerprint density at radius 3 is 1.96 bits per heavy atom. The van der Waals surface area contributed by atoms with Gasteiger partial charge in [0.05, 0.1) is 10.6 Å². The molecule has 0 N–H and O–H groups in total. The van der Waals surface area contributed by atoms with E-state index in [-0.39, 0.29) is 11.6 Å². The maximum atomic E-state index is 12.4. The van der Waals surface area contributed by atoms with E-state index in [1.54, 1.807) is 6.92 Å². The smallest absolute Gasteiger partial charge is 0.245 e. The minimum absolute atomic E-state index is 0.00481. The first-order valence-corrected chi connectivity index (χ1v) is 10.5. The molecule has 0 saturated carbocycles. The molecule has 0 fully saturated rings. The van der Waals surface area contributed by atoms with E-state index in [2.05, 4.69) is 10.0 Å². The minimum Gasteiger partial charge on any atom is -0.301 e. The summed E-state index contributed by atoms with van der Waals surface area (Å²) >= 11 is 2.82. The third kappa shape index (κ3) is 2.95. The molecule has 0 radical (unpaired) electrons. The number of hydrogen-bond donors (Lipinski definition) is 0. The van der Waals surface area contributed by atoms with Crippen LogP contribution in [0.2, 0.25) is 0 Å². The zero-order chi connectivity index (χ0) is 19.9. The standard InChI is InChI=1S/C21H19N3O2S2/c1-14-19(15(2)25)27-21(23(14)17-10-6-4-7-11-17)24(18-12-8-5-9-13-18)22-20(28-21)16(3)26/h4-13H,1-3H3. The van der Waals surface area contributed by atoms with Gasteiger partial charge in [0.1, 0.15) is 0 Å². The van der Waals surface area contributed by atoms with Gasteiger partial charge < -0.3 is 4.90 Å². The summed E-state index contributed by atoms with van der Waals surface area (Å²) in [5, 5.41) is 6.94. The van der Waals surface area contributed by atoms with Gasteiger partial charge in [0.15, 0.2) is 16.6 Å². The maximum absolute atomic E-state index is 12.4. The van der Waals surface area contributed by atoms with Crippen LogP contribution >= 0.6 is 23.5 Å². The van der Waals surface area contributed by atoms with Crippen molar-refractivity contribution in [2.75, 3.05) is 9.91 Å². The summed E-state index contributed by atoms with van der Waals surface area (Å²) in [7, 11) is 0. The number of benzene rings is 2. The van der Waals surface area contributed by atoms with Crippen molar-refractivity contribution in [1.29, 1.82) is 0 Å². The number of hydrogen-bond acceptors (Lipinski definition) is 7. The molecule has 0 amide bonds. The number of hydrazone groups is 1. The number of ketones is 2. The predicted molar refractivity (Wildman–Crippen MR) is 117 cm³/mol. The molecule has 1 spiro atoms. The first kappa shape index (κ1) is 18.8. The van der Waals surface area contributed by atoms with Gasteiger partial charge in [0.2, 0.25) is 4.33 Å². The second-order valence-electron chi connectivity index (χ2n) is 6.50. The van der Waals surface area contributed by atoms with Gasteiger partial charge in [-0.25, -0.2) is 5.01 Å². The first-order chi connectivity index (χ1) is 13.4. The van der Waals surface area contributed by atoms with Gasteiger partial charge in [-0.2, -0.15) is 5.10 Å². The molecule has 0 aliphatic carbocycles. The lowest BCUT2D eigenvalue weighted by Crippen LogP contribution is -2.49. The van der Waals surface area contributed by atoms with Crippen molar-refractivity contribution in [3.63, 3.8) is 0 Å². The molecule has 2 aromatic rings. The number of para-hydroxylation sites is 2. The molecule has 5 nitrogen and oxygen atoms in total. The van der Waals surface area contributed by atoms with E-state index in [1.165, 1.54) is 30.4 Å². The molecule has 0 saturated heterocycles. The Kier molecular flexibility index (Phi) is 4.81. The summed E-state index contributed by atoms with van der Waals surface area (Å²) in [4.78, 5) is 27.4. The Morgan fingerprint density at radius 1 is 0.857 bits per heavy atom. The third-order valence-electron chi connectivity index (χ3n) is 4.51. The molecule has 1 unspecified atom stereocenters. The fraction of sp³-hybridized carbons (Fsp3) is 0.190. The molecule has 7 heteroatoms. The van der Waals surface area contributed by atoms with Gasteiger partial charge in [0.25, 0.3) is 0 Å². The summed E-state index contributed by atoms with van der Waals surface area (Å²) < 4.78 is -0.811. The van der Waals surface area contributed by atoms with Gasteiger partial charge in [-0.15, -0.1) is 0 Å². The summed E-state index contributed by atoms with van der Waals surface area (Å²) in [5.41, 5.74) is 2.66. The van der Waals surface area contributed by atoms with Crippen LogP contribution in [0.4, 0.5) is 11.4 Å². The predicted octanol–water partition coefficient (Wildman–Crippen LogP) is 4.83. The zero-order valence-corrected chi connectivity index (χ0v) is 17.4. The first-order valence-electron chi connectivity index (χ1n) is 8.84. The highest BCUT2D eigenvalue weighted by Crippen LogP contribution is 2.60. The van der Waals surface area contributed by atoms with E-state index >= 15 is 0 Å². The lowest BCUT2D eigenvalue weighted by molar-refractivity contribution is -0.113. The molecule has 1 atom stereocenters. The number of carbonyl (C=O) groups excluding carboxylic acids is 2. The molecular formula is C21H19N3O2S2. The summed E-state index contributed by atoms with van der Waals surface area (Å²) in [6.07, 6.45) is 0. The van der Waals surface area contributed by atoms with Gasteiger partial charge in [-0.05, 0) is 49.9 Å². The Morgan fingerprint density at radius 2 is 1.43 bits per heavy atom. The number of carbonyl (C=O) groups is 2. The van der Waals surface area contributed by atoms with Crippen LogP contribution in [0.3, 0.4) is 0 Å². The van der Waals surface area contributed by atoms with Crippen LogP contribution in [0, 0.1) is 0 Å². The average Bonchev–Trinajstić information content (AvgIpc) is 3.22. The van der Waals surface area contributed by atoms with Crippen molar-refractivity contribution >= 4 is 51.5 Å². The van der Waals surface area contributed by atoms with Crippen molar-refractivity contribution in [3.05, 3.63) is 71.3 Å². The Bertz CT molecular complexity index is 1000. The molecule has 2 aliphatic heterocycles. The second-order valence-corrected chi connectivity index (χ2v) is 9.10. The number of allylic oxidation sites excluding steroid dienone is 2. The van der Waals surface area contributed by atoms with Crippen LogP contribution < -0.4 is 9.91 Å². The highest BCUT2D eigenvalue weighted by molar-refractivity contribution is 8.29. The minimum atomic E-state index is -0.811. The summed E-state index contributed by atoms with van der Waals surface area (Å²) in [6, 6.07) is 19.6. The molecule has 2 heterocycles. The quantitative estimate of drug-likeness (QED) is 0.721. The van der Waals surface area contributed by atoms with Crippen molar-refractivity contribution in [3.8, 4) is 0 Å². The van der Waals surface area contributed by atoms with Crippen molar-refractivity contribution < 1.29 is 9.59 Å². The Balaban J connectivity index is 1.92. The molecule has 0 aromatic heterocycles. The number of rotatable bonds is 4. The van der Waals surface area contributed by atoms with Gasteiger partial charge in [-0.1, -0.05) is 48.2 Å². The van der Waals surface area contributed by atoms with Crippen molar-refractivity contribution in [2.45, 2.75) is 25.1 Å². The van der Waals surface area contributed by atoms with Gasteiger partial charge >= 0.3 is 0 Å². The summed E-state index contributed by atoms with van der Waals surface area (Å²) in [6.45, 7) is 5.04. The maximum Gasteiger partial charge on any atom is 0.245 e. The van der Waals surface area contributed by atoms with E-state index < -0.39 is 4.33 Å². The highest BCUT2D eigenvalue weighted by Gasteiger charge is 2.57. The lowest BCUT2D eigenvalue weighted by Gasteiger charge is -2.41. The number of anilines is 2. The van der Waals surface area contributed by atoms with Crippen LogP contribution in [0.1, 0.15) is 20.8 Å². The fourth-order valence-corrected chi connectivity index (χ4v) is 6.26. The normalized spacial score (nSPS) is 21.5. The molecular weight excluding hydrogens is 390 g/mol. The van der Waals surface area contributed by atoms with Crippen LogP contribution in [0.5, 0.6) is 0 Å². The van der Waals surface area contributed by atoms with Crippen LogP contribution in [0.25, 0.3) is 0 Å². The molecule has 0 bridgehead atoms. The second kappa shape index (κ2) is 7.14. The molecule has 28 heavy (non-hydrogen) atoms. The van der Waals surface area contributed by atoms with Crippen molar-refractivity contribution in [2.24, 2.45) is 5.10 Å². The van der Waals surface area contributed by atoms with E-state index in [1.807, 2.05) is 72.6 Å².